The highest BCUT2D eigenvalue weighted by molar-refractivity contribution is 6.09. The number of anilines is 2. The van der Waals surface area contributed by atoms with E-state index < -0.39 is 11.9 Å². The second kappa shape index (κ2) is 10.6. The molecule has 0 heterocycles. The molecule has 0 aliphatic rings. The lowest BCUT2D eigenvalue weighted by Gasteiger charge is -2.12. The first kappa shape index (κ1) is 22.3. The molecule has 32 heavy (non-hydrogen) atoms. The first-order valence-corrected chi connectivity index (χ1v) is 9.77. The van der Waals surface area contributed by atoms with Gasteiger partial charge in [-0.05, 0) is 42.5 Å². The summed E-state index contributed by atoms with van der Waals surface area (Å²) in [5.74, 6) is -0.329. The van der Waals surface area contributed by atoms with E-state index in [1.54, 1.807) is 61.7 Å². The van der Waals surface area contributed by atoms with Crippen LogP contribution in [0.5, 0.6) is 11.5 Å². The van der Waals surface area contributed by atoms with Crippen LogP contribution in [-0.2, 0) is 9.59 Å². The average Bonchev–Trinajstić information content (AvgIpc) is 2.79. The summed E-state index contributed by atoms with van der Waals surface area (Å²) < 4.78 is 10.3. The minimum atomic E-state index is -0.475. The molecule has 0 saturated heterocycles. The van der Waals surface area contributed by atoms with E-state index in [0.717, 1.165) is 5.56 Å². The Morgan fingerprint density at radius 1 is 0.844 bits per heavy atom. The van der Waals surface area contributed by atoms with Crippen LogP contribution >= 0.6 is 0 Å². The number of carbonyl (C=O) groups excluding carboxylic acids is 3. The molecule has 2 amide bonds. The molecule has 3 aromatic carbocycles. The van der Waals surface area contributed by atoms with Crippen LogP contribution in [0.25, 0.3) is 6.08 Å². The predicted octanol–water partition coefficient (Wildman–Crippen LogP) is 4.52. The van der Waals surface area contributed by atoms with Gasteiger partial charge < -0.3 is 20.1 Å². The minimum Gasteiger partial charge on any atom is -0.496 e. The molecule has 0 atom stereocenters. The van der Waals surface area contributed by atoms with Crippen LogP contribution in [0.3, 0.4) is 0 Å². The number of esters is 1. The maximum atomic E-state index is 12.7. The van der Waals surface area contributed by atoms with E-state index in [1.807, 2.05) is 18.2 Å². The third-order valence-electron chi connectivity index (χ3n) is 4.34. The van der Waals surface area contributed by atoms with Gasteiger partial charge in [0.2, 0.25) is 5.91 Å². The molecular weight excluding hydrogens is 408 g/mol. The summed E-state index contributed by atoms with van der Waals surface area (Å²) >= 11 is 0. The molecule has 0 spiro atoms. The van der Waals surface area contributed by atoms with Crippen LogP contribution < -0.4 is 20.1 Å². The van der Waals surface area contributed by atoms with Crippen molar-refractivity contribution in [2.45, 2.75) is 6.92 Å². The molecule has 0 radical (unpaired) electrons. The molecular formula is C25H22N2O5. The third kappa shape index (κ3) is 6.06. The zero-order chi connectivity index (χ0) is 22.9. The zero-order valence-electron chi connectivity index (χ0n) is 17.6. The largest absolute Gasteiger partial charge is 0.496 e. The summed E-state index contributed by atoms with van der Waals surface area (Å²) in [6.45, 7) is 1.29. The van der Waals surface area contributed by atoms with Crippen LogP contribution in [0.15, 0.2) is 78.9 Å². The number of carbonyl (C=O) groups is 3. The number of hydrogen-bond donors (Lipinski definition) is 2. The quantitative estimate of drug-likeness (QED) is 0.326. The highest BCUT2D eigenvalue weighted by Crippen LogP contribution is 2.23. The lowest BCUT2D eigenvalue weighted by Crippen LogP contribution is -2.15. The Labute approximate surface area is 185 Å². The monoisotopic (exact) mass is 430 g/mol. The van der Waals surface area contributed by atoms with Crippen LogP contribution in [0.2, 0.25) is 0 Å². The maximum absolute atomic E-state index is 12.7. The Balaban J connectivity index is 1.72. The van der Waals surface area contributed by atoms with Gasteiger partial charge in [0, 0.05) is 24.1 Å². The summed E-state index contributed by atoms with van der Waals surface area (Å²) in [5.41, 5.74) is 1.93. The number of ether oxygens (including phenoxy) is 2. The fourth-order valence-electron chi connectivity index (χ4n) is 2.91. The minimum absolute atomic E-state index is 0.271. The van der Waals surface area contributed by atoms with Gasteiger partial charge in [0.15, 0.2) is 0 Å². The molecule has 7 heteroatoms. The first-order valence-electron chi connectivity index (χ1n) is 9.77. The van der Waals surface area contributed by atoms with Crippen LogP contribution in [0.4, 0.5) is 11.4 Å². The van der Waals surface area contributed by atoms with E-state index in [4.69, 9.17) is 9.47 Å². The molecule has 2 N–H and O–H groups in total. The predicted molar refractivity (Wildman–Crippen MR) is 123 cm³/mol. The van der Waals surface area contributed by atoms with Gasteiger partial charge in [0.1, 0.15) is 11.5 Å². The highest BCUT2D eigenvalue weighted by Gasteiger charge is 2.12. The van der Waals surface area contributed by atoms with Gasteiger partial charge >= 0.3 is 5.97 Å². The molecule has 162 valence electrons. The van der Waals surface area contributed by atoms with E-state index in [0.29, 0.717) is 22.7 Å². The summed E-state index contributed by atoms with van der Waals surface area (Å²) in [4.78, 5) is 36.3. The average molecular weight is 430 g/mol. The highest BCUT2D eigenvalue weighted by atomic mass is 16.5. The van der Waals surface area contributed by atoms with Crippen molar-refractivity contribution < 1.29 is 23.9 Å². The van der Waals surface area contributed by atoms with Crippen molar-refractivity contribution in [1.29, 1.82) is 0 Å². The molecule has 7 nitrogen and oxygen atoms in total. The van der Waals surface area contributed by atoms with Crippen molar-refractivity contribution in [2.24, 2.45) is 0 Å². The zero-order valence-corrected chi connectivity index (χ0v) is 17.6. The van der Waals surface area contributed by atoms with E-state index in [1.165, 1.54) is 19.1 Å². The van der Waals surface area contributed by atoms with Crippen LogP contribution in [-0.4, -0.2) is 24.9 Å². The van der Waals surface area contributed by atoms with E-state index in [9.17, 15) is 14.4 Å². The van der Waals surface area contributed by atoms with E-state index in [2.05, 4.69) is 10.6 Å². The second-order valence-electron chi connectivity index (χ2n) is 6.69. The first-order chi connectivity index (χ1) is 15.5. The Morgan fingerprint density at radius 3 is 2.25 bits per heavy atom. The number of hydrogen-bond acceptors (Lipinski definition) is 5. The van der Waals surface area contributed by atoms with Crippen molar-refractivity contribution in [3.63, 3.8) is 0 Å². The SMILES string of the molecule is COc1ccccc1/C=C/C(=O)Nc1ccccc1NC(=O)c1cccc(OC(C)=O)c1. The number of para-hydroxylation sites is 3. The van der Waals surface area contributed by atoms with Crippen molar-refractivity contribution in [3.05, 3.63) is 90.0 Å². The van der Waals surface area contributed by atoms with Crippen molar-refractivity contribution in [3.8, 4) is 11.5 Å². The summed E-state index contributed by atoms with van der Waals surface area (Å²) in [7, 11) is 1.56. The maximum Gasteiger partial charge on any atom is 0.308 e. The Morgan fingerprint density at radius 2 is 1.53 bits per heavy atom. The number of benzene rings is 3. The molecule has 0 aliphatic carbocycles. The molecule has 0 saturated carbocycles. The summed E-state index contributed by atoms with van der Waals surface area (Å²) in [6, 6.07) is 20.4. The Hall–Kier alpha value is -4.39. The van der Waals surface area contributed by atoms with Crippen molar-refractivity contribution in [2.75, 3.05) is 17.7 Å². The van der Waals surface area contributed by atoms with Gasteiger partial charge in [-0.15, -0.1) is 0 Å². The Bertz CT molecular complexity index is 1170. The molecule has 0 fully saturated rings. The molecule has 3 aromatic rings. The third-order valence-corrected chi connectivity index (χ3v) is 4.34. The van der Waals surface area contributed by atoms with Gasteiger partial charge in [-0.1, -0.05) is 36.4 Å². The normalized spacial score (nSPS) is 10.4. The number of amides is 2. The lowest BCUT2D eigenvalue weighted by atomic mass is 10.1. The van der Waals surface area contributed by atoms with Gasteiger partial charge in [-0.3, -0.25) is 14.4 Å². The molecule has 0 bridgehead atoms. The fourth-order valence-corrected chi connectivity index (χ4v) is 2.91. The molecule has 0 aromatic heterocycles. The van der Waals surface area contributed by atoms with Crippen LogP contribution in [0, 0.1) is 0 Å². The van der Waals surface area contributed by atoms with Gasteiger partial charge in [0.25, 0.3) is 5.91 Å². The van der Waals surface area contributed by atoms with Gasteiger partial charge in [-0.25, -0.2) is 0 Å². The molecule has 0 unspecified atom stereocenters. The van der Waals surface area contributed by atoms with E-state index >= 15 is 0 Å². The second-order valence-corrected chi connectivity index (χ2v) is 6.69. The number of nitrogens with one attached hydrogen (secondary N) is 2. The van der Waals surface area contributed by atoms with E-state index in [-0.39, 0.29) is 11.7 Å². The van der Waals surface area contributed by atoms with Gasteiger partial charge in [0.05, 0.1) is 18.5 Å². The van der Waals surface area contributed by atoms with Gasteiger partial charge in [-0.2, -0.15) is 0 Å². The topological polar surface area (TPSA) is 93.7 Å². The van der Waals surface area contributed by atoms with Crippen LogP contribution in [0.1, 0.15) is 22.8 Å². The number of rotatable bonds is 7. The van der Waals surface area contributed by atoms with Crippen molar-refractivity contribution >= 4 is 35.2 Å². The molecule has 0 aliphatic heterocycles. The summed E-state index contributed by atoms with van der Waals surface area (Å²) in [6.07, 6.45) is 3.04. The number of methoxy groups -OCH3 is 1. The Kier molecular flexibility index (Phi) is 7.37. The molecule has 3 rings (SSSR count). The lowest BCUT2D eigenvalue weighted by molar-refractivity contribution is -0.131. The van der Waals surface area contributed by atoms with Crippen molar-refractivity contribution in [1.82, 2.24) is 0 Å². The smallest absolute Gasteiger partial charge is 0.308 e. The summed E-state index contributed by atoms with van der Waals surface area (Å²) in [5, 5.41) is 5.53. The fraction of sp³-hybridized carbons (Fsp3) is 0.0800. The standard InChI is InChI=1S/C25H22N2O5/c1-17(28)32-20-10-7-9-19(16-20)25(30)27-22-12-5-4-11-21(22)26-24(29)15-14-18-8-3-6-13-23(18)31-2/h3-16H,1-2H3,(H,26,29)(H,27,30)/b15-14+.